The predicted octanol–water partition coefficient (Wildman–Crippen LogP) is 3.06. The number of nitrogens with one attached hydrogen (secondary N) is 2. The lowest BCUT2D eigenvalue weighted by Gasteiger charge is -2.36. The Labute approximate surface area is 194 Å². The maximum Gasteiger partial charge on any atom is 0.237 e. The van der Waals surface area contributed by atoms with Crippen molar-refractivity contribution in [1.29, 1.82) is 0 Å². The maximum atomic E-state index is 13.2. The molecule has 0 saturated carbocycles. The highest BCUT2D eigenvalue weighted by Gasteiger charge is 2.33. The van der Waals surface area contributed by atoms with Crippen LogP contribution in [0.15, 0.2) is 42.7 Å². The van der Waals surface area contributed by atoms with Gasteiger partial charge in [-0.25, -0.2) is 0 Å². The van der Waals surface area contributed by atoms with Gasteiger partial charge in [-0.15, -0.1) is 0 Å². The van der Waals surface area contributed by atoms with Gasteiger partial charge in [0.25, 0.3) is 0 Å². The number of H-pyrrole nitrogens is 1. The number of carbonyl (C=O) groups is 2. The lowest BCUT2D eigenvalue weighted by molar-refractivity contribution is -0.139. The van der Waals surface area contributed by atoms with Gasteiger partial charge in [-0.05, 0) is 56.6 Å². The number of amides is 2. The molecule has 2 aliphatic rings. The number of fused-ring (bicyclic) bond motifs is 1. The summed E-state index contributed by atoms with van der Waals surface area (Å²) in [5, 5.41) is 4.10. The van der Waals surface area contributed by atoms with Crippen LogP contribution in [0.2, 0.25) is 0 Å². The highest BCUT2D eigenvalue weighted by atomic mass is 16.2. The maximum absolute atomic E-state index is 13.2. The average molecular weight is 446 g/mol. The molecule has 2 amide bonds. The molecule has 2 fully saturated rings. The highest BCUT2D eigenvalue weighted by molar-refractivity contribution is 5.98. The quantitative estimate of drug-likeness (QED) is 0.647. The molecule has 4 heterocycles. The molecule has 0 bridgehead atoms. The third kappa shape index (κ3) is 4.25. The smallest absolute Gasteiger partial charge is 0.237 e. The number of likely N-dealkylation sites (N-methyl/N-ethyl adjacent to an activating group) is 1. The molecule has 5 rings (SSSR count). The van der Waals surface area contributed by atoms with E-state index in [1.165, 1.54) is 22.2 Å². The molecule has 172 valence electrons. The number of nitrogens with zero attached hydrogens (tertiary/aromatic N) is 3. The van der Waals surface area contributed by atoms with Crippen LogP contribution in [0, 0.1) is 6.92 Å². The minimum Gasteiger partial charge on any atom is -0.358 e. The van der Waals surface area contributed by atoms with Crippen LogP contribution in [-0.4, -0.2) is 70.9 Å². The average Bonchev–Trinajstić information content (AvgIpc) is 3.20. The van der Waals surface area contributed by atoms with E-state index in [1.807, 2.05) is 29.2 Å². The van der Waals surface area contributed by atoms with E-state index >= 15 is 0 Å². The van der Waals surface area contributed by atoms with Gasteiger partial charge in [0, 0.05) is 66.7 Å². The fraction of sp³-hybridized carbons (Fsp3) is 0.423. The van der Waals surface area contributed by atoms with Crippen molar-refractivity contribution in [2.24, 2.45) is 0 Å². The van der Waals surface area contributed by atoms with E-state index < -0.39 is 0 Å². The van der Waals surface area contributed by atoms with E-state index in [4.69, 9.17) is 0 Å². The predicted molar refractivity (Wildman–Crippen MR) is 129 cm³/mol. The number of aryl methyl sites for hydroxylation is 1. The molecule has 7 nitrogen and oxygen atoms in total. The molecule has 2 atom stereocenters. The number of aromatic amines is 1. The molecule has 0 unspecified atom stereocenters. The number of aromatic nitrogens is 2. The lowest BCUT2D eigenvalue weighted by Crippen LogP contribution is -2.55. The Hall–Kier alpha value is -3.19. The molecule has 0 aliphatic carbocycles. The highest BCUT2D eigenvalue weighted by Crippen LogP contribution is 2.39. The molecular weight excluding hydrogens is 414 g/mol. The van der Waals surface area contributed by atoms with Crippen molar-refractivity contribution in [3.8, 4) is 11.1 Å². The van der Waals surface area contributed by atoms with Crippen LogP contribution in [0.4, 0.5) is 0 Å². The number of benzene rings is 1. The van der Waals surface area contributed by atoms with E-state index in [-0.39, 0.29) is 30.2 Å². The second-order valence-corrected chi connectivity index (χ2v) is 9.37. The number of rotatable bonds is 4. The first-order chi connectivity index (χ1) is 16.0. The number of likely N-dealkylation sites (tertiary alicyclic amines) is 1. The van der Waals surface area contributed by atoms with Crippen LogP contribution in [0.5, 0.6) is 0 Å². The largest absolute Gasteiger partial charge is 0.358 e. The summed E-state index contributed by atoms with van der Waals surface area (Å²) in [6, 6.07) is 10.2. The number of hydrogen-bond donors (Lipinski definition) is 2. The van der Waals surface area contributed by atoms with Crippen molar-refractivity contribution in [1.82, 2.24) is 25.1 Å². The number of pyridine rings is 1. The summed E-state index contributed by atoms with van der Waals surface area (Å²) in [4.78, 5) is 37.3. The zero-order chi connectivity index (χ0) is 22.9. The van der Waals surface area contributed by atoms with Crippen molar-refractivity contribution >= 4 is 22.7 Å². The first kappa shape index (κ1) is 21.6. The summed E-state index contributed by atoms with van der Waals surface area (Å²) in [6.45, 7) is 4.94. The Kier molecular flexibility index (Phi) is 5.89. The normalized spacial score (nSPS) is 21.9. The molecule has 2 aromatic heterocycles. The molecule has 2 aliphatic heterocycles. The van der Waals surface area contributed by atoms with Crippen molar-refractivity contribution in [3.63, 3.8) is 0 Å². The Morgan fingerprint density at radius 3 is 2.79 bits per heavy atom. The van der Waals surface area contributed by atoms with Crippen molar-refractivity contribution in [2.75, 3.05) is 33.2 Å². The zero-order valence-electron chi connectivity index (χ0n) is 19.3. The summed E-state index contributed by atoms with van der Waals surface area (Å²) in [5.74, 6) is 0.235. The van der Waals surface area contributed by atoms with Gasteiger partial charge in [0.2, 0.25) is 11.8 Å². The molecule has 33 heavy (non-hydrogen) atoms. The van der Waals surface area contributed by atoms with E-state index in [1.54, 1.807) is 0 Å². The van der Waals surface area contributed by atoms with E-state index in [2.05, 4.69) is 52.5 Å². The van der Waals surface area contributed by atoms with E-state index in [0.29, 0.717) is 13.1 Å². The zero-order valence-corrected chi connectivity index (χ0v) is 19.3. The van der Waals surface area contributed by atoms with Gasteiger partial charge in [-0.3, -0.25) is 19.5 Å². The van der Waals surface area contributed by atoms with Crippen LogP contribution in [0.1, 0.15) is 36.4 Å². The number of hydrogen-bond acceptors (Lipinski definition) is 4. The Bertz CT molecular complexity index is 1170. The van der Waals surface area contributed by atoms with Gasteiger partial charge in [-0.2, -0.15) is 0 Å². The number of piperazine rings is 1. The minimum atomic E-state index is -0.380. The SMILES string of the molecule is Cc1ccc2[nH]c([C@H]3CCCN(C(=O)C[C@@H]4C(=O)NCCN4C)C3)c(-c3ccncc3)c2c1. The van der Waals surface area contributed by atoms with Gasteiger partial charge in [0.1, 0.15) is 0 Å². The molecule has 0 radical (unpaired) electrons. The third-order valence-corrected chi connectivity index (χ3v) is 7.10. The molecule has 3 aromatic rings. The second-order valence-electron chi connectivity index (χ2n) is 9.37. The molecule has 0 spiro atoms. The summed E-state index contributed by atoms with van der Waals surface area (Å²) in [5.41, 5.74) is 5.87. The number of piperidine rings is 1. The fourth-order valence-electron chi connectivity index (χ4n) is 5.27. The topological polar surface area (TPSA) is 81.3 Å². The van der Waals surface area contributed by atoms with Gasteiger partial charge in [0.15, 0.2) is 0 Å². The molecule has 2 saturated heterocycles. The standard InChI is InChI=1S/C26H31N5O2/c1-17-5-6-21-20(14-17)24(18-7-9-27-10-8-18)25(29-21)19-4-3-12-31(16-19)23(32)15-22-26(33)28-11-13-30(22)2/h5-10,14,19,22,29H,3-4,11-13,15-16H2,1-2H3,(H,28,33)/t19-,22+/m0/s1. The van der Waals surface area contributed by atoms with E-state index in [9.17, 15) is 9.59 Å². The first-order valence-electron chi connectivity index (χ1n) is 11.8. The van der Waals surface area contributed by atoms with Crippen molar-refractivity contribution in [3.05, 3.63) is 54.0 Å². The monoisotopic (exact) mass is 445 g/mol. The van der Waals surface area contributed by atoms with Gasteiger partial charge >= 0.3 is 0 Å². The summed E-state index contributed by atoms with van der Waals surface area (Å²) >= 11 is 0. The molecular formula is C26H31N5O2. The van der Waals surface area contributed by atoms with Crippen LogP contribution >= 0.6 is 0 Å². The minimum absolute atomic E-state index is 0.0448. The molecule has 7 heteroatoms. The molecule has 1 aromatic carbocycles. The second kappa shape index (κ2) is 8.98. The van der Waals surface area contributed by atoms with Crippen LogP contribution in [0.3, 0.4) is 0 Å². The van der Waals surface area contributed by atoms with Crippen LogP contribution in [0.25, 0.3) is 22.0 Å². The Morgan fingerprint density at radius 1 is 1.18 bits per heavy atom. The first-order valence-corrected chi connectivity index (χ1v) is 11.8. The fourth-order valence-corrected chi connectivity index (χ4v) is 5.27. The third-order valence-electron chi connectivity index (χ3n) is 7.10. The summed E-state index contributed by atoms with van der Waals surface area (Å²) < 4.78 is 0. The van der Waals surface area contributed by atoms with Crippen LogP contribution < -0.4 is 5.32 Å². The van der Waals surface area contributed by atoms with Gasteiger partial charge in [0.05, 0.1) is 12.5 Å². The Morgan fingerprint density at radius 2 is 2.00 bits per heavy atom. The van der Waals surface area contributed by atoms with Gasteiger partial charge in [-0.1, -0.05) is 11.6 Å². The molecule has 2 N–H and O–H groups in total. The van der Waals surface area contributed by atoms with Crippen LogP contribution in [-0.2, 0) is 9.59 Å². The van der Waals surface area contributed by atoms with E-state index in [0.717, 1.165) is 37.0 Å². The summed E-state index contributed by atoms with van der Waals surface area (Å²) in [6.07, 6.45) is 5.87. The summed E-state index contributed by atoms with van der Waals surface area (Å²) in [7, 11) is 1.92. The van der Waals surface area contributed by atoms with Crippen molar-refractivity contribution in [2.45, 2.75) is 38.1 Å². The lowest BCUT2D eigenvalue weighted by atomic mass is 9.89. The Balaban J connectivity index is 1.43. The van der Waals surface area contributed by atoms with Crippen molar-refractivity contribution < 1.29 is 9.59 Å². The number of carbonyl (C=O) groups excluding carboxylic acids is 2. The van der Waals surface area contributed by atoms with Gasteiger partial charge < -0.3 is 15.2 Å².